The molecular weight excluding hydrogens is 392 g/mol. The van der Waals surface area contributed by atoms with Crippen LogP contribution in [0.1, 0.15) is 23.3 Å². The Balaban J connectivity index is 1.51. The number of carbonyl (C=O) groups excluding carboxylic acids is 1. The number of para-hydroxylation sites is 1. The first-order valence-corrected chi connectivity index (χ1v) is 10.2. The third-order valence-corrected chi connectivity index (χ3v) is 6.43. The van der Waals surface area contributed by atoms with Gasteiger partial charge in [0.1, 0.15) is 22.2 Å². The van der Waals surface area contributed by atoms with Gasteiger partial charge in [0.15, 0.2) is 5.16 Å². The van der Waals surface area contributed by atoms with Crippen LogP contribution in [0.4, 0.5) is 14.5 Å². The number of nitrogens with zero attached hydrogens (tertiary/aromatic N) is 1. The normalized spacial score (nSPS) is 13.6. The Morgan fingerprint density at radius 2 is 2.00 bits per heavy atom. The Morgan fingerprint density at radius 1 is 1.26 bits per heavy atom. The number of aromatic nitrogens is 2. The summed E-state index contributed by atoms with van der Waals surface area (Å²) in [5, 5.41) is 3.18. The molecule has 1 aromatic carbocycles. The summed E-state index contributed by atoms with van der Waals surface area (Å²) in [5.41, 5.74) is 0.410. The average molecular weight is 407 g/mol. The van der Waals surface area contributed by atoms with Gasteiger partial charge in [-0.25, -0.2) is 13.8 Å². The van der Waals surface area contributed by atoms with Crippen LogP contribution in [0.15, 0.2) is 28.2 Å². The summed E-state index contributed by atoms with van der Waals surface area (Å²) >= 11 is 2.54. The minimum Gasteiger partial charge on any atom is -0.320 e. The highest BCUT2D eigenvalue weighted by Gasteiger charge is 2.20. The number of hydrogen-bond acceptors (Lipinski definition) is 5. The van der Waals surface area contributed by atoms with Crippen molar-refractivity contribution >= 4 is 44.9 Å². The van der Waals surface area contributed by atoms with E-state index in [1.807, 2.05) is 0 Å². The van der Waals surface area contributed by atoms with Crippen molar-refractivity contribution in [3.05, 3.63) is 50.6 Å². The summed E-state index contributed by atoms with van der Waals surface area (Å²) in [7, 11) is 0. The minimum absolute atomic E-state index is 0.132. The molecule has 0 fully saturated rings. The maximum atomic E-state index is 13.6. The number of H-pyrrole nitrogens is 1. The molecule has 1 aliphatic rings. The van der Waals surface area contributed by atoms with E-state index in [9.17, 15) is 18.4 Å². The van der Waals surface area contributed by atoms with Crippen molar-refractivity contribution in [2.24, 2.45) is 0 Å². The predicted molar refractivity (Wildman–Crippen MR) is 103 cm³/mol. The van der Waals surface area contributed by atoms with E-state index < -0.39 is 23.2 Å². The second-order valence-electron chi connectivity index (χ2n) is 6.20. The molecule has 2 aromatic heterocycles. The van der Waals surface area contributed by atoms with Gasteiger partial charge in [0.2, 0.25) is 5.91 Å². The molecule has 27 heavy (non-hydrogen) atoms. The highest BCUT2D eigenvalue weighted by Crippen LogP contribution is 2.34. The molecule has 9 heteroatoms. The highest BCUT2D eigenvalue weighted by molar-refractivity contribution is 7.99. The van der Waals surface area contributed by atoms with Crippen molar-refractivity contribution in [3.8, 4) is 0 Å². The summed E-state index contributed by atoms with van der Waals surface area (Å²) < 4.78 is 27.2. The largest absolute Gasteiger partial charge is 0.320 e. The Kier molecular flexibility index (Phi) is 4.96. The van der Waals surface area contributed by atoms with E-state index in [4.69, 9.17) is 0 Å². The third kappa shape index (κ3) is 3.61. The van der Waals surface area contributed by atoms with Crippen molar-refractivity contribution in [1.82, 2.24) is 9.97 Å². The van der Waals surface area contributed by atoms with Gasteiger partial charge in [0.25, 0.3) is 5.56 Å². The zero-order chi connectivity index (χ0) is 19.0. The van der Waals surface area contributed by atoms with E-state index in [0.29, 0.717) is 15.4 Å². The maximum Gasteiger partial charge on any atom is 0.260 e. The van der Waals surface area contributed by atoms with Crippen molar-refractivity contribution < 1.29 is 13.6 Å². The number of thioether (sulfide) groups is 1. The number of fused-ring (bicyclic) bond motifs is 3. The molecule has 5 nitrogen and oxygen atoms in total. The van der Waals surface area contributed by atoms with Gasteiger partial charge in [-0.1, -0.05) is 17.8 Å². The smallest absolute Gasteiger partial charge is 0.260 e. The molecule has 0 saturated carbocycles. The van der Waals surface area contributed by atoms with Crippen LogP contribution in [-0.2, 0) is 17.6 Å². The summed E-state index contributed by atoms with van der Waals surface area (Å²) in [6.45, 7) is 0. The fourth-order valence-corrected chi connectivity index (χ4v) is 5.12. The van der Waals surface area contributed by atoms with Crippen LogP contribution in [-0.4, -0.2) is 21.6 Å². The van der Waals surface area contributed by atoms with Crippen LogP contribution >= 0.6 is 23.1 Å². The number of halogens is 2. The molecular formula is C18H15F2N3O2S2. The van der Waals surface area contributed by atoms with Gasteiger partial charge in [0, 0.05) is 4.88 Å². The quantitative estimate of drug-likeness (QED) is 0.509. The average Bonchev–Trinajstić information content (AvgIpc) is 3.02. The van der Waals surface area contributed by atoms with E-state index in [1.54, 1.807) is 0 Å². The molecule has 0 saturated heterocycles. The number of rotatable bonds is 4. The standard InChI is InChI=1S/C18H15F2N3O2S2/c19-10-5-3-6-11(20)15(10)21-13(24)8-26-18-22-16(25)14-9-4-1-2-7-12(9)27-17(14)23-18/h3,5-6H,1-2,4,7-8H2,(H,21,24)(H,22,23,25). The zero-order valence-electron chi connectivity index (χ0n) is 14.1. The van der Waals surface area contributed by atoms with E-state index in [0.717, 1.165) is 55.1 Å². The second kappa shape index (κ2) is 7.40. The van der Waals surface area contributed by atoms with Gasteiger partial charge in [-0.2, -0.15) is 0 Å². The number of hydrogen-bond donors (Lipinski definition) is 2. The van der Waals surface area contributed by atoms with Crippen molar-refractivity contribution in [1.29, 1.82) is 0 Å². The van der Waals surface area contributed by atoms with Gasteiger partial charge in [-0.15, -0.1) is 11.3 Å². The van der Waals surface area contributed by atoms with Crippen LogP contribution in [0.2, 0.25) is 0 Å². The third-order valence-electron chi connectivity index (χ3n) is 4.37. The van der Waals surface area contributed by atoms with Crippen LogP contribution < -0.4 is 10.9 Å². The first-order valence-electron chi connectivity index (χ1n) is 8.44. The lowest BCUT2D eigenvalue weighted by atomic mass is 9.97. The van der Waals surface area contributed by atoms with E-state index >= 15 is 0 Å². The van der Waals surface area contributed by atoms with E-state index in [-0.39, 0.29) is 11.3 Å². The highest BCUT2D eigenvalue weighted by atomic mass is 32.2. The van der Waals surface area contributed by atoms with Crippen LogP contribution in [0.5, 0.6) is 0 Å². The second-order valence-corrected chi connectivity index (χ2v) is 8.24. The lowest BCUT2D eigenvalue weighted by Gasteiger charge is -2.09. The molecule has 3 aromatic rings. The molecule has 0 radical (unpaired) electrons. The number of carbonyl (C=O) groups is 1. The van der Waals surface area contributed by atoms with Crippen molar-refractivity contribution in [3.63, 3.8) is 0 Å². The summed E-state index contributed by atoms with van der Waals surface area (Å²) in [6, 6.07) is 3.36. The first kappa shape index (κ1) is 18.1. The first-order chi connectivity index (χ1) is 13.0. The lowest BCUT2D eigenvalue weighted by molar-refractivity contribution is -0.113. The van der Waals surface area contributed by atoms with Crippen LogP contribution in [0.25, 0.3) is 10.2 Å². The fraction of sp³-hybridized carbons (Fsp3) is 0.278. The predicted octanol–water partition coefficient (Wildman–Crippen LogP) is 3.87. The van der Waals surface area contributed by atoms with Crippen molar-refractivity contribution in [2.75, 3.05) is 11.1 Å². The van der Waals surface area contributed by atoms with Gasteiger partial charge in [-0.05, 0) is 43.4 Å². The fourth-order valence-electron chi connectivity index (χ4n) is 3.14. The molecule has 1 amide bonds. The molecule has 1 aliphatic carbocycles. The van der Waals surface area contributed by atoms with E-state index in [1.165, 1.54) is 22.3 Å². The zero-order valence-corrected chi connectivity index (χ0v) is 15.7. The molecule has 140 valence electrons. The monoisotopic (exact) mass is 407 g/mol. The molecule has 0 unspecified atom stereocenters. The summed E-state index contributed by atoms with van der Waals surface area (Å²) in [5.74, 6) is -2.40. The number of aromatic amines is 1. The Hall–Kier alpha value is -2.26. The van der Waals surface area contributed by atoms with Gasteiger partial charge in [0.05, 0.1) is 11.1 Å². The van der Waals surface area contributed by atoms with Gasteiger partial charge in [-0.3, -0.25) is 9.59 Å². The number of thiophene rings is 1. The molecule has 0 spiro atoms. The summed E-state index contributed by atoms with van der Waals surface area (Å²) in [6.07, 6.45) is 4.05. The molecule has 0 bridgehead atoms. The molecule has 0 aliphatic heterocycles. The van der Waals surface area contributed by atoms with Crippen molar-refractivity contribution in [2.45, 2.75) is 30.8 Å². The molecule has 0 atom stereocenters. The molecule has 2 N–H and O–H groups in total. The Bertz CT molecular complexity index is 1070. The number of anilines is 1. The van der Waals surface area contributed by atoms with Crippen LogP contribution in [0.3, 0.4) is 0 Å². The minimum atomic E-state index is -0.842. The summed E-state index contributed by atoms with van der Waals surface area (Å²) in [4.78, 5) is 33.5. The SMILES string of the molecule is O=C(CSc1nc2sc3c(c2c(=O)[nH]1)CCCC3)Nc1c(F)cccc1F. The number of aryl methyl sites for hydroxylation is 2. The number of nitrogens with one attached hydrogen (secondary N) is 2. The number of benzene rings is 1. The van der Waals surface area contributed by atoms with Gasteiger partial charge >= 0.3 is 0 Å². The lowest BCUT2D eigenvalue weighted by Crippen LogP contribution is -2.17. The number of amides is 1. The Morgan fingerprint density at radius 3 is 2.78 bits per heavy atom. The van der Waals surface area contributed by atoms with E-state index in [2.05, 4.69) is 15.3 Å². The maximum absolute atomic E-state index is 13.6. The van der Waals surface area contributed by atoms with Crippen LogP contribution in [0, 0.1) is 11.6 Å². The topological polar surface area (TPSA) is 74.8 Å². The molecule has 2 heterocycles. The Labute approximate surface area is 161 Å². The van der Waals surface area contributed by atoms with Gasteiger partial charge < -0.3 is 10.3 Å². The molecule has 4 rings (SSSR count).